The van der Waals surface area contributed by atoms with Crippen LogP contribution >= 0.6 is 11.8 Å². The number of aromatic nitrogens is 1. The summed E-state index contributed by atoms with van der Waals surface area (Å²) >= 11 is 1.92. The lowest BCUT2D eigenvalue weighted by Crippen LogP contribution is -1.98. The Morgan fingerprint density at radius 2 is 1.94 bits per heavy atom. The zero-order chi connectivity index (χ0) is 13.3. The van der Waals surface area contributed by atoms with Crippen LogP contribution in [0.4, 0.5) is 4.39 Å². The fraction of sp³-hybridized carbons (Fsp3) is 0.467. The molecule has 2 rings (SSSR count). The summed E-state index contributed by atoms with van der Waals surface area (Å²) in [6, 6.07) is 5.45. The van der Waals surface area contributed by atoms with Gasteiger partial charge in [0.15, 0.2) is 0 Å². The Hall–Kier alpha value is -0.960. The van der Waals surface area contributed by atoms with Crippen LogP contribution in [0.25, 0.3) is 10.9 Å². The molecule has 18 heavy (non-hydrogen) atoms. The van der Waals surface area contributed by atoms with Crippen molar-refractivity contribution in [3.63, 3.8) is 0 Å². The van der Waals surface area contributed by atoms with Crippen molar-refractivity contribution in [2.45, 2.75) is 44.7 Å². The van der Waals surface area contributed by atoms with E-state index >= 15 is 0 Å². The van der Waals surface area contributed by atoms with Crippen LogP contribution in [-0.4, -0.2) is 9.82 Å². The van der Waals surface area contributed by atoms with Gasteiger partial charge in [-0.1, -0.05) is 13.8 Å². The average molecular weight is 265 g/mol. The highest BCUT2D eigenvalue weighted by molar-refractivity contribution is 7.99. The predicted octanol–water partition coefficient (Wildman–Crippen LogP) is 5.00. The van der Waals surface area contributed by atoms with Gasteiger partial charge in [-0.05, 0) is 42.9 Å². The van der Waals surface area contributed by atoms with Crippen molar-refractivity contribution < 1.29 is 4.39 Å². The summed E-state index contributed by atoms with van der Waals surface area (Å²) in [4.78, 5) is 0. The number of hydrogen-bond acceptors (Lipinski definition) is 1. The van der Waals surface area contributed by atoms with Crippen molar-refractivity contribution >= 4 is 22.7 Å². The molecule has 0 atom stereocenters. The molecule has 0 amide bonds. The molecule has 0 fully saturated rings. The van der Waals surface area contributed by atoms with E-state index in [1.807, 2.05) is 17.8 Å². The molecule has 0 saturated heterocycles. The zero-order valence-electron chi connectivity index (χ0n) is 11.4. The predicted molar refractivity (Wildman–Crippen MR) is 78.7 cm³/mol. The Labute approximate surface area is 112 Å². The fourth-order valence-electron chi connectivity index (χ4n) is 2.10. The van der Waals surface area contributed by atoms with Gasteiger partial charge in [0.25, 0.3) is 0 Å². The maximum Gasteiger partial charge on any atom is 0.125 e. The Balaban J connectivity index is 2.47. The third-order valence-corrected chi connectivity index (χ3v) is 4.15. The van der Waals surface area contributed by atoms with Gasteiger partial charge in [0.2, 0.25) is 0 Å². The van der Waals surface area contributed by atoms with Crippen LogP contribution in [0.1, 0.15) is 39.3 Å². The van der Waals surface area contributed by atoms with Gasteiger partial charge < -0.3 is 4.57 Å². The minimum Gasteiger partial charge on any atom is -0.345 e. The average Bonchev–Trinajstić information content (AvgIpc) is 2.64. The molecule has 1 nitrogen and oxygen atoms in total. The van der Waals surface area contributed by atoms with Gasteiger partial charge in [-0.3, -0.25) is 0 Å². The Morgan fingerprint density at radius 1 is 1.22 bits per heavy atom. The van der Waals surface area contributed by atoms with E-state index in [9.17, 15) is 4.39 Å². The van der Waals surface area contributed by atoms with Crippen LogP contribution in [0, 0.1) is 5.82 Å². The standard InChI is InChI=1S/C15H20FNS/c1-10(2)17-8-12(9-18-11(3)4)14-6-5-13(16)7-15(14)17/h5-8,10-11H,9H2,1-4H3. The van der Waals surface area contributed by atoms with E-state index in [1.54, 1.807) is 12.1 Å². The second-order valence-electron chi connectivity index (χ2n) is 5.18. The largest absolute Gasteiger partial charge is 0.345 e. The van der Waals surface area contributed by atoms with Crippen molar-refractivity contribution in [1.29, 1.82) is 0 Å². The third-order valence-electron chi connectivity index (χ3n) is 3.01. The first-order chi connectivity index (χ1) is 8.49. The molecule has 1 aromatic heterocycles. The number of thioether (sulfide) groups is 1. The Bertz CT molecular complexity index is 543. The molecule has 0 aliphatic heterocycles. The summed E-state index contributed by atoms with van der Waals surface area (Å²) in [6.07, 6.45) is 2.17. The number of rotatable bonds is 4. The fourth-order valence-corrected chi connectivity index (χ4v) is 2.84. The second kappa shape index (κ2) is 5.35. The first-order valence-corrected chi connectivity index (χ1v) is 7.44. The minimum absolute atomic E-state index is 0.162. The lowest BCUT2D eigenvalue weighted by atomic mass is 10.2. The van der Waals surface area contributed by atoms with Crippen molar-refractivity contribution in [2.75, 3.05) is 0 Å². The number of benzene rings is 1. The molecule has 98 valence electrons. The van der Waals surface area contributed by atoms with Gasteiger partial charge in [0.1, 0.15) is 5.82 Å². The van der Waals surface area contributed by atoms with Crippen LogP contribution in [0.2, 0.25) is 0 Å². The van der Waals surface area contributed by atoms with Crippen LogP contribution in [-0.2, 0) is 5.75 Å². The molecule has 0 aliphatic rings. The monoisotopic (exact) mass is 265 g/mol. The first kappa shape index (κ1) is 13.5. The van der Waals surface area contributed by atoms with Gasteiger partial charge in [-0.2, -0.15) is 11.8 Å². The molecule has 0 bridgehead atoms. The van der Waals surface area contributed by atoms with E-state index in [-0.39, 0.29) is 5.82 Å². The first-order valence-electron chi connectivity index (χ1n) is 6.39. The number of nitrogens with zero attached hydrogens (tertiary/aromatic N) is 1. The molecular formula is C15H20FNS. The maximum absolute atomic E-state index is 13.4. The van der Waals surface area contributed by atoms with Gasteiger partial charge in [0.05, 0.1) is 5.52 Å². The topological polar surface area (TPSA) is 4.93 Å². The maximum atomic E-state index is 13.4. The van der Waals surface area contributed by atoms with Crippen molar-refractivity contribution in [3.8, 4) is 0 Å². The number of halogens is 1. The lowest BCUT2D eigenvalue weighted by molar-refractivity contribution is 0.611. The molecule has 0 saturated carbocycles. The molecule has 2 aromatic rings. The van der Waals surface area contributed by atoms with E-state index < -0.39 is 0 Å². The van der Waals surface area contributed by atoms with Crippen LogP contribution in [0.5, 0.6) is 0 Å². The van der Waals surface area contributed by atoms with E-state index in [4.69, 9.17) is 0 Å². The van der Waals surface area contributed by atoms with Crippen molar-refractivity contribution in [1.82, 2.24) is 4.57 Å². The molecular weight excluding hydrogens is 245 g/mol. The Morgan fingerprint density at radius 3 is 2.56 bits per heavy atom. The number of fused-ring (bicyclic) bond motifs is 1. The summed E-state index contributed by atoms with van der Waals surface area (Å²) in [5.74, 6) is 0.824. The summed E-state index contributed by atoms with van der Waals surface area (Å²) in [6.45, 7) is 8.66. The van der Waals surface area contributed by atoms with Crippen molar-refractivity contribution in [3.05, 3.63) is 35.8 Å². The van der Waals surface area contributed by atoms with Gasteiger partial charge in [0, 0.05) is 23.4 Å². The Kier molecular flexibility index (Phi) is 4.00. The molecule has 1 aromatic carbocycles. The number of hydrogen-bond donors (Lipinski definition) is 0. The summed E-state index contributed by atoms with van der Waals surface area (Å²) in [5.41, 5.74) is 2.31. The highest BCUT2D eigenvalue weighted by Crippen LogP contribution is 2.29. The third kappa shape index (κ3) is 2.72. The summed E-state index contributed by atoms with van der Waals surface area (Å²) < 4.78 is 15.5. The summed E-state index contributed by atoms with van der Waals surface area (Å²) in [5, 5.41) is 1.79. The molecule has 0 radical (unpaired) electrons. The summed E-state index contributed by atoms with van der Waals surface area (Å²) in [7, 11) is 0. The van der Waals surface area contributed by atoms with E-state index in [0.717, 1.165) is 11.3 Å². The molecule has 0 spiro atoms. The molecule has 0 unspecified atom stereocenters. The smallest absolute Gasteiger partial charge is 0.125 e. The zero-order valence-corrected chi connectivity index (χ0v) is 12.2. The SMILES string of the molecule is CC(C)SCc1cn(C(C)C)c2cc(F)ccc12. The van der Waals surface area contributed by atoms with Crippen LogP contribution < -0.4 is 0 Å². The van der Waals surface area contributed by atoms with Crippen LogP contribution in [0.3, 0.4) is 0 Å². The van der Waals surface area contributed by atoms with Crippen LogP contribution in [0.15, 0.2) is 24.4 Å². The van der Waals surface area contributed by atoms with E-state index in [0.29, 0.717) is 11.3 Å². The second-order valence-corrected chi connectivity index (χ2v) is 6.74. The molecule has 1 heterocycles. The van der Waals surface area contributed by atoms with E-state index in [2.05, 4.69) is 38.5 Å². The minimum atomic E-state index is -0.162. The highest BCUT2D eigenvalue weighted by atomic mass is 32.2. The van der Waals surface area contributed by atoms with Gasteiger partial charge in [-0.15, -0.1) is 0 Å². The quantitative estimate of drug-likeness (QED) is 0.753. The molecule has 3 heteroatoms. The molecule has 0 aliphatic carbocycles. The van der Waals surface area contributed by atoms with Gasteiger partial charge in [-0.25, -0.2) is 4.39 Å². The lowest BCUT2D eigenvalue weighted by Gasteiger charge is -2.08. The van der Waals surface area contributed by atoms with E-state index in [1.165, 1.54) is 10.9 Å². The normalized spacial score (nSPS) is 11.9. The van der Waals surface area contributed by atoms with Gasteiger partial charge >= 0.3 is 0 Å². The highest BCUT2D eigenvalue weighted by Gasteiger charge is 2.11. The molecule has 0 N–H and O–H groups in total. The van der Waals surface area contributed by atoms with Crippen molar-refractivity contribution in [2.24, 2.45) is 0 Å².